The molecular formula is C17H21ClN4O2. The van der Waals surface area contributed by atoms with Crippen molar-refractivity contribution in [3.8, 4) is 5.75 Å². The Morgan fingerprint density at radius 2 is 2.04 bits per heavy atom. The number of rotatable bonds is 5. The molecule has 0 unspecified atom stereocenters. The number of H-pyrrole nitrogens is 1. The summed E-state index contributed by atoms with van der Waals surface area (Å²) < 4.78 is 5.80. The zero-order valence-corrected chi connectivity index (χ0v) is 14.4. The number of nitrogen functional groups attached to an aromatic ring is 1. The second kappa shape index (κ2) is 6.36. The van der Waals surface area contributed by atoms with Crippen molar-refractivity contribution in [2.45, 2.75) is 44.2 Å². The Hall–Kier alpha value is -2.21. The maximum Gasteiger partial charge on any atom is 0.263 e. The van der Waals surface area contributed by atoms with E-state index in [1.54, 1.807) is 38.1 Å². The molecule has 1 heterocycles. The summed E-state index contributed by atoms with van der Waals surface area (Å²) in [6, 6.07) is 8.94. The lowest BCUT2D eigenvalue weighted by molar-refractivity contribution is -0.135. The highest BCUT2D eigenvalue weighted by molar-refractivity contribution is 6.30. The van der Waals surface area contributed by atoms with Gasteiger partial charge in [-0.25, -0.2) is 0 Å². The SMILES string of the molecule is CC(C)(Oc1ccc(Cl)cc1)C(=O)N[C@H]1C[C@@H](c2cc(N)[nH]n2)C1. The zero-order valence-electron chi connectivity index (χ0n) is 13.7. The van der Waals surface area contributed by atoms with Gasteiger partial charge in [0.15, 0.2) is 5.60 Å². The average molecular weight is 349 g/mol. The summed E-state index contributed by atoms with van der Waals surface area (Å²) in [4.78, 5) is 12.5. The number of ether oxygens (including phenoxy) is 1. The second-order valence-electron chi connectivity index (χ2n) is 6.65. The van der Waals surface area contributed by atoms with E-state index in [9.17, 15) is 4.79 Å². The minimum absolute atomic E-state index is 0.133. The highest BCUT2D eigenvalue weighted by atomic mass is 35.5. The molecule has 1 aliphatic rings. The first-order chi connectivity index (χ1) is 11.3. The Morgan fingerprint density at radius 3 is 2.62 bits per heavy atom. The van der Waals surface area contributed by atoms with Gasteiger partial charge in [-0.3, -0.25) is 9.89 Å². The van der Waals surface area contributed by atoms with Crippen LogP contribution in [0.3, 0.4) is 0 Å². The van der Waals surface area contributed by atoms with E-state index >= 15 is 0 Å². The Bertz CT molecular complexity index is 720. The summed E-state index contributed by atoms with van der Waals surface area (Å²) in [5.41, 5.74) is 5.63. The number of hydrogen-bond acceptors (Lipinski definition) is 4. The number of hydrogen-bond donors (Lipinski definition) is 3. The fourth-order valence-electron chi connectivity index (χ4n) is 2.74. The van der Waals surface area contributed by atoms with Gasteiger partial charge in [0.25, 0.3) is 5.91 Å². The summed E-state index contributed by atoms with van der Waals surface area (Å²) in [6.07, 6.45) is 1.71. The molecule has 0 aliphatic heterocycles. The van der Waals surface area contributed by atoms with Gasteiger partial charge >= 0.3 is 0 Å². The Morgan fingerprint density at radius 1 is 1.38 bits per heavy atom. The molecule has 0 saturated heterocycles. The van der Waals surface area contributed by atoms with E-state index in [4.69, 9.17) is 22.1 Å². The van der Waals surface area contributed by atoms with Crippen LogP contribution in [-0.2, 0) is 4.79 Å². The third-order valence-corrected chi connectivity index (χ3v) is 4.49. The molecule has 1 amide bonds. The van der Waals surface area contributed by atoms with Crippen molar-refractivity contribution in [2.24, 2.45) is 0 Å². The van der Waals surface area contributed by atoms with Crippen LogP contribution in [0.2, 0.25) is 5.02 Å². The average Bonchev–Trinajstić information content (AvgIpc) is 2.90. The molecule has 0 spiro atoms. The van der Waals surface area contributed by atoms with Crippen LogP contribution in [0.15, 0.2) is 30.3 Å². The first-order valence-corrected chi connectivity index (χ1v) is 8.27. The number of nitrogens with zero attached hydrogens (tertiary/aromatic N) is 1. The standard InChI is InChI=1S/C17H21ClN4O2/c1-17(2,24-13-5-3-11(18)4-6-13)16(23)20-12-7-10(8-12)14-9-15(19)22-21-14/h3-6,9-10,12H,7-8H2,1-2H3,(H,20,23)(H3,19,21,22)/t10-,12+. The fourth-order valence-corrected chi connectivity index (χ4v) is 2.87. The van der Waals surface area contributed by atoms with E-state index in [1.807, 2.05) is 6.07 Å². The number of anilines is 1. The molecule has 4 N–H and O–H groups in total. The predicted octanol–water partition coefficient (Wildman–Crippen LogP) is 2.87. The molecule has 7 heteroatoms. The van der Waals surface area contributed by atoms with Gasteiger partial charge in [-0.2, -0.15) is 5.10 Å². The molecule has 0 bridgehead atoms. The molecule has 24 heavy (non-hydrogen) atoms. The van der Waals surface area contributed by atoms with E-state index in [2.05, 4.69) is 15.5 Å². The van der Waals surface area contributed by atoms with Crippen molar-refractivity contribution in [3.63, 3.8) is 0 Å². The topological polar surface area (TPSA) is 93.0 Å². The van der Waals surface area contributed by atoms with Crippen LogP contribution in [0.1, 0.15) is 38.3 Å². The number of nitrogens with two attached hydrogens (primary N) is 1. The maximum absolute atomic E-state index is 12.5. The molecule has 1 aromatic heterocycles. The van der Waals surface area contributed by atoms with Gasteiger partial charge in [0, 0.05) is 23.0 Å². The van der Waals surface area contributed by atoms with Gasteiger partial charge in [0.1, 0.15) is 11.6 Å². The molecule has 2 aromatic rings. The quantitative estimate of drug-likeness (QED) is 0.774. The van der Waals surface area contributed by atoms with Crippen molar-refractivity contribution in [3.05, 3.63) is 41.0 Å². The van der Waals surface area contributed by atoms with Crippen LogP contribution in [0, 0.1) is 0 Å². The molecule has 1 aliphatic carbocycles. The molecule has 6 nitrogen and oxygen atoms in total. The van der Waals surface area contributed by atoms with Crippen molar-refractivity contribution in [2.75, 3.05) is 5.73 Å². The highest BCUT2D eigenvalue weighted by Crippen LogP contribution is 2.36. The summed E-state index contributed by atoms with van der Waals surface area (Å²) in [6.45, 7) is 3.50. The lowest BCUT2D eigenvalue weighted by Crippen LogP contribution is -2.53. The summed E-state index contributed by atoms with van der Waals surface area (Å²) >= 11 is 5.86. The summed E-state index contributed by atoms with van der Waals surface area (Å²) in [5.74, 6) is 1.37. The molecule has 1 aromatic carbocycles. The number of aromatic nitrogens is 2. The molecule has 0 atom stereocenters. The minimum Gasteiger partial charge on any atom is -0.478 e. The van der Waals surface area contributed by atoms with E-state index in [-0.39, 0.29) is 11.9 Å². The number of nitrogens with one attached hydrogen (secondary N) is 2. The first kappa shape index (κ1) is 16.6. The highest BCUT2D eigenvalue weighted by Gasteiger charge is 2.37. The van der Waals surface area contributed by atoms with Gasteiger partial charge in [0.2, 0.25) is 0 Å². The van der Waals surface area contributed by atoms with Gasteiger partial charge in [-0.1, -0.05) is 11.6 Å². The van der Waals surface area contributed by atoms with E-state index in [0.29, 0.717) is 22.5 Å². The van der Waals surface area contributed by atoms with Crippen molar-refractivity contribution in [1.82, 2.24) is 15.5 Å². The Kier molecular flexibility index (Phi) is 4.41. The third-order valence-electron chi connectivity index (χ3n) is 4.24. The van der Waals surface area contributed by atoms with Gasteiger partial charge < -0.3 is 15.8 Å². The number of aromatic amines is 1. The number of carbonyl (C=O) groups is 1. The molecule has 0 radical (unpaired) electrons. The van der Waals surface area contributed by atoms with Crippen LogP contribution in [0.25, 0.3) is 0 Å². The summed E-state index contributed by atoms with van der Waals surface area (Å²) in [7, 11) is 0. The maximum atomic E-state index is 12.5. The molecule has 128 valence electrons. The molecule has 3 rings (SSSR count). The predicted molar refractivity (Wildman–Crippen MR) is 93.1 cm³/mol. The van der Waals surface area contributed by atoms with E-state index in [0.717, 1.165) is 18.5 Å². The lowest BCUT2D eigenvalue weighted by Gasteiger charge is -2.37. The smallest absolute Gasteiger partial charge is 0.263 e. The van der Waals surface area contributed by atoms with Crippen molar-refractivity contribution >= 4 is 23.3 Å². The third kappa shape index (κ3) is 3.64. The Balaban J connectivity index is 1.52. The van der Waals surface area contributed by atoms with Gasteiger partial charge in [-0.15, -0.1) is 0 Å². The zero-order chi connectivity index (χ0) is 17.3. The van der Waals surface area contributed by atoms with Crippen LogP contribution < -0.4 is 15.8 Å². The lowest BCUT2D eigenvalue weighted by atomic mass is 9.78. The number of benzene rings is 1. The fraction of sp³-hybridized carbons (Fsp3) is 0.412. The second-order valence-corrected chi connectivity index (χ2v) is 7.09. The molecular weight excluding hydrogens is 328 g/mol. The normalized spacial score (nSPS) is 20.3. The number of carbonyl (C=O) groups excluding carboxylic acids is 1. The van der Waals surface area contributed by atoms with Gasteiger partial charge in [-0.05, 0) is 51.0 Å². The van der Waals surface area contributed by atoms with E-state index in [1.165, 1.54) is 0 Å². The monoisotopic (exact) mass is 348 g/mol. The van der Waals surface area contributed by atoms with Crippen LogP contribution in [-0.4, -0.2) is 27.7 Å². The number of amides is 1. The van der Waals surface area contributed by atoms with E-state index < -0.39 is 5.60 Å². The van der Waals surface area contributed by atoms with Gasteiger partial charge in [0.05, 0.1) is 5.69 Å². The van der Waals surface area contributed by atoms with Crippen LogP contribution in [0.5, 0.6) is 5.75 Å². The molecule has 1 fully saturated rings. The molecule has 1 saturated carbocycles. The first-order valence-electron chi connectivity index (χ1n) is 7.90. The van der Waals surface area contributed by atoms with Crippen LogP contribution >= 0.6 is 11.6 Å². The number of halogens is 1. The van der Waals surface area contributed by atoms with Crippen molar-refractivity contribution in [1.29, 1.82) is 0 Å². The van der Waals surface area contributed by atoms with Crippen LogP contribution in [0.4, 0.5) is 5.82 Å². The van der Waals surface area contributed by atoms with Crippen molar-refractivity contribution < 1.29 is 9.53 Å². The minimum atomic E-state index is -0.963. The largest absolute Gasteiger partial charge is 0.478 e. The Labute approximate surface area is 145 Å². The summed E-state index contributed by atoms with van der Waals surface area (Å²) in [5, 5.41) is 10.6.